The van der Waals surface area contributed by atoms with Crippen molar-refractivity contribution in [3.8, 4) is 0 Å². The lowest BCUT2D eigenvalue weighted by Gasteiger charge is -2.06. The highest BCUT2D eigenvalue weighted by Gasteiger charge is 2.18. The van der Waals surface area contributed by atoms with Crippen molar-refractivity contribution < 1.29 is 18.7 Å². The summed E-state index contributed by atoms with van der Waals surface area (Å²) in [6.45, 7) is 4.61. The number of furan rings is 1. The second-order valence-electron chi connectivity index (χ2n) is 6.31. The lowest BCUT2D eigenvalue weighted by atomic mass is 10.1. The summed E-state index contributed by atoms with van der Waals surface area (Å²) in [7, 11) is 0. The monoisotopic (exact) mass is 365 g/mol. The van der Waals surface area contributed by atoms with Crippen LogP contribution in [0.15, 0.2) is 52.9 Å². The first kappa shape index (κ1) is 18.7. The van der Waals surface area contributed by atoms with Gasteiger partial charge in [-0.3, -0.25) is 4.79 Å². The molecule has 5 heteroatoms. The summed E-state index contributed by atoms with van der Waals surface area (Å²) in [6.07, 6.45) is 1.24. The fourth-order valence-corrected chi connectivity index (χ4v) is 2.97. The van der Waals surface area contributed by atoms with Gasteiger partial charge in [0.05, 0.1) is 6.61 Å². The molecule has 0 amide bonds. The highest BCUT2D eigenvalue weighted by atomic mass is 16.5. The normalized spacial score (nSPS) is 10.7. The van der Waals surface area contributed by atoms with E-state index in [4.69, 9.17) is 9.15 Å². The van der Waals surface area contributed by atoms with Gasteiger partial charge in [-0.25, -0.2) is 4.79 Å². The van der Waals surface area contributed by atoms with E-state index in [0.29, 0.717) is 25.2 Å². The van der Waals surface area contributed by atoms with E-state index in [2.05, 4.69) is 5.32 Å². The van der Waals surface area contributed by atoms with E-state index >= 15 is 0 Å². The Balaban J connectivity index is 1.60. The number of hydrogen-bond acceptors (Lipinski definition) is 5. The van der Waals surface area contributed by atoms with Crippen LogP contribution in [0.5, 0.6) is 0 Å². The van der Waals surface area contributed by atoms with Crippen molar-refractivity contribution in [2.75, 3.05) is 18.5 Å². The predicted molar refractivity (Wildman–Crippen MR) is 105 cm³/mol. The highest BCUT2D eigenvalue weighted by Crippen LogP contribution is 2.28. The molecular formula is C22H23NO4. The van der Waals surface area contributed by atoms with Gasteiger partial charge in [0.1, 0.15) is 5.58 Å². The zero-order valence-electron chi connectivity index (χ0n) is 15.6. The third-order valence-corrected chi connectivity index (χ3v) is 4.40. The molecule has 0 atom stereocenters. The fourth-order valence-electron chi connectivity index (χ4n) is 2.97. The molecule has 0 aliphatic carbocycles. The average Bonchev–Trinajstić information content (AvgIpc) is 3.02. The van der Waals surface area contributed by atoms with Crippen LogP contribution in [0.1, 0.15) is 46.2 Å². The number of fused-ring (bicyclic) bond motifs is 1. The van der Waals surface area contributed by atoms with Gasteiger partial charge in [0.2, 0.25) is 5.76 Å². The van der Waals surface area contributed by atoms with Crippen molar-refractivity contribution >= 4 is 28.4 Å². The number of aryl methyl sites for hydroxylation is 1. The zero-order valence-corrected chi connectivity index (χ0v) is 15.6. The summed E-state index contributed by atoms with van der Waals surface area (Å²) < 4.78 is 10.7. The quantitative estimate of drug-likeness (QED) is 0.346. The van der Waals surface area contributed by atoms with Gasteiger partial charge in [0, 0.05) is 35.2 Å². The highest BCUT2D eigenvalue weighted by molar-refractivity contribution is 5.97. The lowest BCUT2D eigenvalue weighted by Crippen LogP contribution is -2.05. The lowest BCUT2D eigenvalue weighted by molar-refractivity contribution is 0.0491. The van der Waals surface area contributed by atoms with Crippen LogP contribution in [0.3, 0.4) is 0 Å². The summed E-state index contributed by atoms with van der Waals surface area (Å²) in [5, 5.41) is 4.20. The van der Waals surface area contributed by atoms with Gasteiger partial charge >= 0.3 is 5.97 Å². The van der Waals surface area contributed by atoms with Gasteiger partial charge in [-0.15, -0.1) is 0 Å². The Morgan fingerprint density at radius 1 is 1.11 bits per heavy atom. The molecule has 1 N–H and O–H groups in total. The van der Waals surface area contributed by atoms with Crippen LogP contribution >= 0.6 is 0 Å². The van der Waals surface area contributed by atoms with Gasteiger partial charge in [-0.05, 0) is 38.5 Å². The van der Waals surface area contributed by atoms with E-state index in [0.717, 1.165) is 28.6 Å². The van der Waals surface area contributed by atoms with Crippen LogP contribution < -0.4 is 5.32 Å². The topological polar surface area (TPSA) is 68.5 Å². The Hall–Kier alpha value is -3.08. The Kier molecular flexibility index (Phi) is 5.91. The van der Waals surface area contributed by atoms with E-state index in [1.54, 1.807) is 6.92 Å². The first-order chi connectivity index (χ1) is 13.1. The molecule has 2 aromatic carbocycles. The summed E-state index contributed by atoms with van der Waals surface area (Å²) in [5.74, 6) is -0.0461. The van der Waals surface area contributed by atoms with Crippen LogP contribution in [-0.4, -0.2) is 24.9 Å². The molecule has 0 aliphatic heterocycles. The van der Waals surface area contributed by atoms with E-state index in [1.807, 2.05) is 55.5 Å². The summed E-state index contributed by atoms with van der Waals surface area (Å²) >= 11 is 0. The zero-order chi connectivity index (χ0) is 19.2. The van der Waals surface area contributed by atoms with Gasteiger partial charge < -0.3 is 14.5 Å². The molecule has 3 rings (SSSR count). The Morgan fingerprint density at radius 3 is 2.63 bits per heavy atom. The van der Waals surface area contributed by atoms with Crippen molar-refractivity contribution in [3.05, 3.63) is 65.4 Å². The van der Waals surface area contributed by atoms with Crippen molar-refractivity contribution in [2.45, 2.75) is 26.7 Å². The molecule has 27 heavy (non-hydrogen) atoms. The molecule has 0 saturated carbocycles. The molecule has 0 unspecified atom stereocenters. The van der Waals surface area contributed by atoms with Crippen LogP contribution in [0.4, 0.5) is 5.69 Å². The van der Waals surface area contributed by atoms with E-state index in [-0.39, 0.29) is 11.5 Å². The third-order valence-electron chi connectivity index (χ3n) is 4.40. The SMILES string of the molecule is CCOC(=O)c1oc2ccc(NCCCC(=O)c3ccccc3)cc2c1C. The maximum atomic E-state index is 12.1. The first-order valence-electron chi connectivity index (χ1n) is 9.12. The molecule has 5 nitrogen and oxygen atoms in total. The van der Waals surface area contributed by atoms with Crippen LogP contribution in [0.2, 0.25) is 0 Å². The fraction of sp³-hybridized carbons (Fsp3) is 0.273. The summed E-state index contributed by atoms with van der Waals surface area (Å²) in [6, 6.07) is 15.0. The van der Waals surface area contributed by atoms with Crippen LogP contribution in [0.25, 0.3) is 11.0 Å². The minimum absolute atomic E-state index is 0.151. The number of rotatable bonds is 8. The molecular weight excluding hydrogens is 342 g/mol. The molecule has 1 heterocycles. The minimum atomic E-state index is -0.444. The van der Waals surface area contributed by atoms with Gasteiger partial charge in [0.15, 0.2) is 5.78 Å². The average molecular weight is 365 g/mol. The predicted octanol–water partition coefficient (Wildman–Crippen LogP) is 4.99. The molecule has 0 fully saturated rings. The number of hydrogen-bond donors (Lipinski definition) is 1. The maximum Gasteiger partial charge on any atom is 0.374 e. The second kappa shape index (κ2) is 8.54. The number of anilines is 1. The van der Waals surface area contributed by atoms with Gasteiger partial charge in [-0.2, -0.15) is 0 Å². The Bertz CT molecular complexity index is 944. The molecule has 0 bridgehead atoms. The third kappa shape index (κ3) is 4.37. The van der Waals surface area contributed by atoms with E-state index in [9.17, 15) is 9.59 Å². The second-order valence-corrected chi connectivity index (χ2v) is 6.31. The number of benzene rings is 2. The number of ether oxygens (including phenoxy) is 1. The maximum absolute atomic E-state index is 12.1. The van der Waals surface area contributed by atoms with Gasteiger partial charge in [0.25, 0.3) is 0 Å². The smallest absolute Gasteiger partial charge is 0.374 e. The van der Waals surface area contributed by atoms with Crippen LogP contribution in [0, 0.1) is 6.92 Å². The number of carbonyl (C=O) groups excluding carboxylic acids is 2. The number of esters is 1. The summed E-state index contributed by atoms with van der Waals surface area (Å²) in [5.41, 5.74) is 3.10. The number of nitrogens with one attached hydrogen (secondary N) is 1. The Morgan fingerprint density at radius 2 is 1.89 bits per heavy atom. The molecule has 140 valence electrons. The van der Waals surface area contributed by atoms with E-state index < -0.39 is 5.97 Å². The molecule has 1 aromatic heterocycles. The molecule has 3 aromatic rings. The number of carbonyl (C=O) groups is 2. The van der Waals surface area contributed by atoms with Crippen molar-refractivity contribution in [1.29, 1.82) is 0 Å². The standard InChI is InChI=1S/C22H23NO4/c1-3-26-22(25)21-15(2)18-14-17(11-12-20(18)27-21)23-13-7-10-19(24)16-8-5-4-6-9-16/h4-6,8-9,11-12,14,23H,3,7,10,13H2,1-2H3. The molecule has 0 saturated heterocycles. The van der Waals surface area contributed by atoms with E-state index in [1.165, 1.54) is 0 Å². The largest absolute Gasteiger partial charge is 0.460 e. The van der Waals surface area contributed by atoms with Crippen molar-refractivity contribution in [1.82, 2.24) is 0 Å². The van der Waals surface area contributed by atoms with Crippen molar-refractivity contribution in [3.63, 3.8) is 0 Å². The van der Waals surface area contributed by atoms with Crippen LogP contribution in [-0.2, 0) is 4.74 Å². The van der Waals surface area contributed by atoms with Crippen molar-refractivity contribution in [2.24, 2.45) is 0 Å². The molecule has 0 radical (unpaired) electrons. The molecule has 0 aliphatic rings. The minimum Gasteiger partial charge on any atom is -0.460 e. The number of ketones is 1. The summed E-state index contributed by atoms with van der Waals surface area (Å²) in [4.78, 5) is 24.1. The first-order valence-corrected chi connectivity index (χ1v) is 9.12. The Labute approximate surface area is 158 Å². The van der Waals surface area contributed by atoms with Gasteiger partial charge in [-0.1, -0.05) is 30.3 Å². The molecule has 0 spiro atoms. The number of Topliss-reactive ketones (excluding diaryl/α,β-unsaturated/α-hetero) is 1.